The van der Waals surface area contributed by atoms with E-state index in [1.54, 1.807) is 18.1 Å². The molecule has 12 heavy (non-hydrogen) atoms. The molecule has 0 amide bonds. The lowest BCUT2D eigenvalue weighted by atomic mass is 10.1. The number of nitrogens with zero attached hydrogens (tertiary/aromatic N) is 1. The van der Waals surface area contributed by atoms with E-state index >= 15 is 0 Å². The lowest BCUT2D eigenvalue weighted by Crippen LogP contribution is -2.25. The summed E-state index contributed by atoms with van der Waals surface area (Å²) in [7, 11) is 1.78. The van der Waals surface area contributed by atoms with Gasteiger partial charge in [-0.25, -0.2) is 9.40 Å². The molecule has 0 heterocycles. The first kappa shape index (κ1) is 9.16. The molecule has 0 atom stereocenters. The fourth-order valence-corrected chi connectivity index (χ4v) is 1.11. The summed E-state index contributed by atoms with van der Waals surface area (Å²) in [6.07, 6.45) is 0. The second-order valence-corrected chi connectivity index (χ2v) is 2.99. The monoisotopic (exact) mass is 168 g/mol. The smallest absolute Gasteiger partial charge is 0.123 e. The van der Waals surface area contributed by atoms with Gasteiger partial charge in [0.15, 0.2) is 0 Å². The Labute approximate surface area is 71.8 Å². The van der Waals surface area contributed by atoms with Crippen molar-refractivity contribution < 1.29 is 4.39 Å². The predicted octanol–water partition coefficient (Wildman–Crippen LogP) is 1.44. The first-order chi connectivity index (χ1) is 5.59. The molecule has 2 nitrogen and oxygen atoms in total. The molecule has 1 rings (SSSR count). The molecule has 2 N–H and O–H groups in total. The Hall–Kier alpha value is -0.930. The average molecular weight is 168 g/mol. The molecule has 0 saturated heterocycles. The third-order valence-electron chi connectivity index (χ3n) is 1.72. The Morgan fingerprint density at radius 1 is 1.50 bits per heavy atom. The number of hydrogen-bond acceptors (Lipinski definition) is 2. The van der Waals surface area contributed by atoms with Gasteiger partial charge in [-0.2, -0.15) is 0 Å². The van der Waals surface area contributed by atoms with Crippen molar-refractivity contribution in [1.82, 2.24) is 5.01 Å². The number of hydrogen-bond donors (Lipinski definition) is 1. The van der Waals surface area contributed by atoms with Crippen molar-refractivity contribution in [3.05, 3.63) is 35.1 Å². The maximum atomic E-state index is 12.6. The van der Waals surface area contributed by atoms with Crippen LogP contribution in [-0.4, -0.2) is 12.1 Å². The van der Waals surface area contributed by atoms with Gasteiger partial charge >= 0.3 is 0 Å². The summed E-state index contributed by atoms with van der Waals surface area (Å²) in [6, 6.07) is 4.72. The molecular weight excluding hydrogens is 155 g/mol. The Kier molecular flexibility index (Phi) is 2.78. The number of nitrogens with two attached hydrogens (primary N) is 1. The molecule has 66 valence electrons. The maximum absolute atomic E-state index is 12.6. The third kappa shape index (κ3) is 2.29. The SMILES string of the molecule is Cc1cc(F)ccc1CN(C)N. The minimum atomic E-state index is -0.198. The third-order valence-corrected chi connectivity index (χ3v) is 1.72. The average Bonchev–Trinajstić information content (AvgIpc) is 1.94. The fourth-order valence-electron chi connectivity index (χ4n) is 1.11. The van der Waals surface area contributed by atoms with Gasteiger partial charge in [-0.15, -0.1) is 0 Å². The van der Waals surface area contributed by atoms with Gasteiger partial charge in [0, 0.05) is 13.6 Å². The molecular formula is C9H13FN2. The molecule has 0 saturated carbocycles. The predicted molar refractivity (Wildman–Crippen MR) is 46.8 cm³/mol. The summed E-state index contributed by atoms with van der Waals surface area (Å²) in [4.78, 5) is 0. The highest BCUT2D eigenvalue weighted by molar-refractivity contribution is 5.26. The van der Waals surface area contributed by atoms with Crippen LogP contribution in [0, 0.1) is 12.7 Å². The quantitative estimate of drug-likeness (QED) is 0.535. The number of rotatable bonds is 2. The van der Waals surface area contributed by atoms with Crippen LogP contribution >= 0.6 is 0 Å². The zero-order valence-electron chi connectivity index (χ0n) is 7.34. The molecule has 0 aliphatic rings. The van der Waals surface area contributed by atoms with Crippen molar-refractivity contribution in [2.24, 2.45) is 5.84 Å². The van der Waals surface area contributed by atoms with Crippen molar-refractivity contribution in [3.63, 3.8) is 0 Å². The molecule has 0 aliphatic heterocycles. The summed E-state index contributed by atoms with van der Waals surface area (Å²) < 4.78 is 12.6. The van der Waals surface area contributed by atoms with Crippen LogP contribution in [0.3, 0.4) is 0 Å². The van der Waals surface area contributed by atoms with Crippen LogP contribution in [0.25, 0.3) is 0 Å². The standard InChI is InChI=1S/C9H13FN2/c1-7-5-9(10)4-3-8(7)6-12(2)11/h3-5H,6,11H2,1-2H3. The van der Waals surface area contributed by atoms with Gasteiger partial charge in [0.2, 0.25) is 0 Å². The molecule has 3 heteroatoms. The molecule has 1 aromatic carbocycles. The van der Waals surface area contributed by atoms with Crippen LogP contribution in [0.5, 0.6) is 0 Å². The van der Waals surface area contributed by atoms with E-state index in [0.29, 0.717) is 6.54 Å². The zero-order chi connectivity index (χ0) is 9.14. The van der Waals surface area contributed by atoms with Crippen LogP contribution in [0.4, 0.5) is 4.39 Å². The highest BCUT2D eigenvalue weighted by Gasteiger charge is 2.00. The largest absolute Gasteiger partial charge is 0.269 e. The van der Waals surface area contributed by atoms with Gasteiger partial charge in [0.05, 0.1) is 0 Å². The minimum absolute atomic E-state index is 0.198. The zero-order valence-corrected chi connectivity index (χ0v) is 7.34. The van der Waals surface area contributed by atoms with Crippen molar-refractivity contribution in [2.75, 3.05) is 7.05 Å². The molecule has 0 unspecified atom stereocenters. The number of halogens is 1. The van der Waals surface area contributed by atoms with Crippen molar-refractivity contribution >= 4 is 0 Å². The first-order valence-corrected chi connectivity index (χ1v) is 3.80. The molecule has 0 bridgehead atoms. The summed E-state index contributed by atoms with van der Waals surface area (Å²) in [5.74, 6) is 5.27. The van der Waals surface area contributed by atoms with Gasteiger partial charge in [0.25, 0.3) is 0 Å². The summed E-state index contributed by atoms with van der Waals surface area (Å²) in [6.45, 7) is 2.52. The lowest BCUT2D eigenvalue weighted by Gasteiger charge is -2.11. The Balaban J connectivity index is 2.86. The highest BCUT2D eigenvalue weighted by atomic mass is 19.1. The van der Waals surface area contributed by atoms with Crippen molar-refractivity contribution in [3.8, 4) is 0 Å². The van der Waals surface area contributed by atoms with Gasteiger partial charge in [-0.1, -0.05) is 6.07 Å². The number of benzene rings is 1. The molecule has 0 fully saturated rings. The maximum Gasteiger partial charge on any atom is 0.123 e. The fraction of sp³-hybridized carbons (Fsp3) is 0.333. The van der Waals surface area contributed by atoms with Crippen molar-refractivity contribution in [1.29, 1.82) is 0 Å². The lowest BCUT2D eigenvalue weighted by molar-refractivity contribution is 0.340. The van der Waals surface area contributed by atoms with Crippen LogP contribution < -0.4 is 5.84 Å². The van der Waals surface area contributed by atoms with Crippen molar-refractivity contribution in [2.45, 2.75) is 13.5 Å². The molecule has 1 aromatic rings. The van der Waals surface area contributed by atoms with E-state index in [1.807, 2.05) is 6.92 Å². The van der Waals surface area contributed by atoms with Crippen LogP contribution in [0.2, 0.25) is 0 Å². The number of aryl methyl sites for hydroxylation is 1. The topological polar surface area (TPSA) is 29.3 Å². The van der Waals surface area contributed by atoms with E-state index in [0.717, 1.165) is 11.1 Å². The molecule has 0 radical (unpaired) electrons. The second kappa shape index (κ2) is 3.65. The normalized spacial score (nSPS) is 10.8. The van der Waals surface area contributed by atoms with Crippen LogP contribution in [0.15, 0.2) is 18.2 Å². The Morgan fingerprint density at radius 2 is 2.17 bits per heavy atom. The van der Waals surface area contributed by atoms with Gasteiger partial charge in [-0.3, -0.25) is 5.84 Å². The van der Waals surface area contributed by atoms with E-state index in [-0.39, 0.29) is 5.82 Å². The summed E-state index contributed by atoms with van der Waals surface area (Å²) in [5, 5.41) is 1.57. The van der Waals surface area contributed by atoms with Gasteiger partial charge < -0.3 is 0 Å². The van der Waals surface area contributed by atoms with Crippen LogP contribution in [-0.2, 0) is 6.54 Å². The van der Waals surface area contributed by atoms with E-state index < -0.39 is 0 Å². The Morgan fingerprint density at radius 3 is 2.67 bits per heavy atom. The molecule has 0 spiro atoms. The molecule has 0 aliphatic carbocycles. The van der Waals surface area contributed by atoms with E-state index in [2.05, 4.69) is 0 Å². The van der Waals surface area contributed by atoms with Gasteiger partial charge in [-0.05, 0) is 30.2 Å². The highest BCUT2D eigenvalue weighted by Crippen LogP contribution is 2.10. The Bertz CT molecular complexity index is 271. The van der Waals surface area contributed by atoms with Crippen LogP contribution in [0.1, 0.15) is 11.1 Å². The minimum Gasteiger partial charge on any atom is -0.269 e. The first-order valence-electron chi connectivity index (χ1n) is 3.80. The summed E-state index contributed by atoms with van der Waals surface area (Å²) >= 11 is 0. The second-order valence-electron chi connectivity index (χ2n) is 2.99. The molecule has 0 aromatic heterocycles. The number of hydrazine groups is 1. The van der Waals surface area contributed by atoms with Gasteiger partial charge in [0.1, 0.15) is 5.82 Å². The van der Waals surface area contributed by atoms with E-state index in [4.69, 9.17) is 5.84 Å². The van der Waals surface area contributed by atoms with E-state index in [1.165, 1.54) is 12.1 Å². The summed E-state index contributed by atoms with van der Waals surface area (Å²) in [5.41, 5.74) is 1.99. The van der Waals surface area contributed by atoms with E-state index in [9.17, 15) is 4.39 Å².